The van der Waals surface area contributed by atoms with Crippen molar-refractivity contribution in [1.29, 1.82) is 0 Å². The van der Waals surface area contributed by atoms with Crippen LogP contribution in [-0.4, -0.2) is 56.9 Å². The van der Waals surface area contributed by atoms with Crippen molar-refractivity contribution in [3.8, 4) is 0 Å². The average Bonchev–Trinajstić information content (AvgIpc) is 2.79. The minimum absolute atomic E-state index is 0.132. The highest BCUT2D eigenvalue weighted by atomic mass is 32.2. The molecule has 1 aliphatic rings. The highest BCUT2D eigenvalue weighted by Crippen LogP contribution is 2.24. The molecule has 1 amide bonds. The summed E-state index contributed by atoms with van der Waals surface area (Å²) in [4.78, 5) is 30.9. The van der Waals surface area contributed by atoms with Gasteiger partial charge in [-0.2, -0.15) is 0 Å². The largest absolute Gasteiger partial charge is 0.466 e. The van der Waals surface area contributed by atoms with Gasteiger partial charge in [0.05, 0.1) is 23.1 Å². The van der Waals surface area contributed by atoms with E-state index in [4.69, 9.17) is 4.74 Å². The summed E-state index contributed by atoms with van der Waals surface area (Å²) in [6, 6.07) is 11.1. The van der Waals surface area contributed by atoms with Crippen molar-refractivity contribution < 1.29 is 22.7 Å². The molecular weight excluding hydrogens is 406 g/mol. The van der Waals surface area contributed by atoms with Gasteiger partial charge >= 0.3 is 5.97 Å². The Balaban J connectivity index is 1.79. The van der Waals surface area contributed by atoms with Crippen LogP contribution in [0.3, 0.4) is 0 Å². The minimum atomic E-state index is -3.77. The number of hydrogen-bond donors (Lipinski definition) is 0. The summed E-state index contributed by atoms with van der Waals surface area (Å²) < 4.78 is 31.9. The molecule has 9 heteroatoms. The van der Waals surface area contributed by atoms with Crippen molar-refractivity contribution in [2.45, 2.75) is 24.7 Å². The van der Waals surface area contributed by atoms with Gasteiger partial charge in [0, 0.05) is 26.3 Å². The van der Waals surface area contributed by atoms with Gasteiger partial charge in [0.25, 0.3) is 15.9 Å². The molecule has 0 bridgehead atoms. The van der Waals surface area contributed by atoms with Crippen LogP contribution in [0.25, 0.3) is 0 Å². The standard InChI is InChI=1S/C21H25N3O5S/c1-3-29-21(26)16-8-7-13-24(15-16)20(25)19-14-17(11-12-22-19)23(2)30(27,28)18-9-5-4-6-10-18/h4-6,9-12,14,16H,3,7-8,13,15H2,1-2H3/t16-/m0/s1. The summed E-state index contributed by atoms with van der Waals surface area (Å²) in [6.45, 7) is 2.83. The Kier molecular flexibility index (Phi) is 6.71. The molecule has 0 spiro atoms. The minimum Gasteiger partial charge on any atom is -0.466 e. The summed E-state index contributed by atoms with van der Waals surface area (Å²) in [5.41, 5.74) is 0.461. The molecule has 8 nitrogen and oxygen atoms in total. The van der Waals surface area contributed by atoms with Crippen LogP contribution in [-0.2, 0) is 19.6 Å². The lowest BCUT2D eigenvalue weighted by atomic mass is 9.98. The molecule has 160 valence electrons. The van der Waals surface area contributed by atoms with Crippen LogP contribution in [0.2, 0.25) is 0 Å². The lowest BCUT2D eigenvalue weighted by molar-refractivity contribution is -0.149. The zero-order valence-electron chi connectivity index (χ0n) is 17.0. The van der Waals surface area contributed by atoms with E-state index >= 15 is 0 Å². The molecule has 1 atom stereocenters. The number of hydrogen-bond acceptors (Lipinski definition) is 6. The molecule has 1 aliphatic heterocycles. The van der Waals surface area contributed by atoms with E-state index in [-0.39, 0.29) is 34.9 Å². The Bertz CT molecular complexity index is 1010. The Hall–Kier alpha value is -2.94. The van der Waals surface area contributed by atoms with E-state index < -0.39 is 10.0 Å². The van der Waals surface area contributed by atoms with Crippen molar-refractivity contribution in [2.75, 3.05) is 31.0 Å². The van der Waals surface area contributed by atoms with Crippen molar-refractivity contribution in [3.63, 3.8) is 0 Å². The number of nitrogens with zero attached hydrogens (tertiary/aromatic N) is 3. The first kappa shape index (κ1) is 21.8. The van der Waals surface area contributed by atoms with E-state index in [2.05, 4.69) is 4.98 Å². The van der Waals surface area contributed by atoms with E-state index in [1.807, 2.05) is 0 Å². The van der Waals surface area contributed by atoms with E-state index in [0.29, 0.717) is 31.7 Å². The number of aromatic nitrogens is 1. The molecule has 1 saturated heterocycles. The number of sulfonamides is 1. The highest BCUT2D eigenvalue weighted by Gasteiger charge is 2.31. The number of amides is 1. The number of rotatable bonds is 6. The second kappa shape index (κ2) is 9.25. The molecule has 30 heavy (non-hydrogen) atoms. The number of ether oxygens (including phenoxy) is 1. The predicted octanol–water partition coefficient (Wildman–Crippen LogP) is 2.32. The molecule has 1 aromatic carbocycles. The van der Waals surface area contributed by atoms with E-state index in [1.165, 1.54) is 37.5 Å². The van der Waals surface area contributed by atoms with Crippen LogP contribution in [0, 0.1) is 5.92 Å². The maximum Gasteiger partial charge on any atom is 0.310 e. The summed E-state index contributed by atoms with van der Waals surface area (Å²) in [7, 11) is -2.33. The summed E-state index contributed by atoms with van der Waals surface area (Å²) in [5, 5.41) is 0. The molecule has 1 aromatic heterocycles. The Morgan fingerprint density at radius 1 is 1.23 bits per heavy atom. The SMILES string of the molecule is CCOC(=O)[C@H]1CCCN(C(=O)c2cc(N(C)S(=O)(=O)c3ccccc3)ccn2)C1. The molecule has 0 aliphatic carbocycles. The van der Waals surface area contributed by atoms with Crippen molar-refractivity contribution in [1.82, 2.24) is 9.88 Å². The number of carbonyl (C=O) groups is 2. The lowest BCUT2D eigenvalue weighted by Crippen LogP contribution is -2.43. The second-order valence-electron chi connectivity index (χ2n) is 7.03. The fraction of sp³-hybridized carbons (Fsp3) is 0.381. The van der Waals surface area contributed by atoms with Gasteiger partial charge in [-0.05, 0) is 44.0 Å². The normalized spacial score (nSPS) is 16.7. The van der Waals surface area contributed by atoms with Gasteiger partial charge in [-0.3, -0.25) is 18.9 Å². The van der Waals surface area contributed by atoms with Gasteiger partial charge in [-0.15, -0.1) is 0 Å². The van der Waals surface area contributed by atoms with Crippen molar-refractivity contribution in [3.05, 3.63) is 54.4 Å². The number of carbonyl (C=O) groups excluding carboxylic acids is 2. The fourth-order valence-corrected chi connectivity index (χ4v) is 4.61. The second-order valence-corrected chi connectivity index (χ2v) is 9.00. The molecule has 1 fully saturated rings. The molecule has 0 N–H and O–H groups in total. The number of piperidine rings is 1. The molecule has 3 rings (SSSR count). The fourth-order valence-electron chi connectivity index (χ4n) is 3.40. The first-order valence-electron chi connectivity index (χ1n) is 9.80. The first-order valence-corrected chi connectivity index (χ1v) is 11.2. The maximum atomic E-state index is 13.0. The van der Waals surface area contributed by atoms with Gasteiger partial charge < -0.3 is 9.64 Å². The number of pyridine rings is 1. The monoisotopic (exact) mass is 431 g/mol. The van der Waals surface area contributed by atoms with Crippen LogP contribution in [0.15, 0.2) is 53.6 Å². The molecular formula is C21H25N3O5S. The average molecular weight is 432 g/mol. The van der Waals surface area contributed by atoms with Crippen LogP contribution < -0.4 is 4.31 Å². The Morgan fingerprint density at radius 3 is 2.67 bits per heavy atom. The third kappa shape index (κ3) is 4.62. The Morgan fingerprint density at radius 2 is 1.97 bits per heavy atom. The number of anilines is 1. The molecule has 2 heterocycles. The number of esters is 1. The number of benzene rings is 1. The van der Waals surface area contributed by atoms with E-state index in [9.17, 15) is 18.0 Å². The topological polar surface area (TPSA) is 96.9 Å². The summed E-state index contributed by atoms with van der Waals surface area (Å²) >= 11 is 0. The smallest absolute Gasteiger partial charge is 0.310 e. The molecule has 0 radical (unpaired) electrons. The van der Waals surface area contributed by atoms with Crippen LogP contribution in [0.4, 0.5) is 5.69 Å². The summed E-state index contributed by atoms with van der Waals surface area (Å²) in [5.74, 6) is -0.992. The van der Waals surface area contributed by atoms with Crippen LogP contribution in [0.1, 0.15) is 30.3 Å². The van der Waals surface area contributed by atoms with Crippen molar-refractivity contribution >= 4 is 27.6 Å². The van der Waals surface area contributed by atoms with Crippen LogP contribution in [0.5, 0.6) is 0 Å². The molecule has 0 unspecified atom stereocenters. The Labute approximate surface area is 176 Å². The van der Waals surface area contributed by atoms with Gasteiger partial charge in [0.2, 0.25) is 0 Å². The lowest BCUT2D eigenvalue weighted by Gasteiger charge is -2.31. The molecule has 0 saturated carbocycles. The van der Waals surface area contributed by atoms with Gasteiger partial charge in [0.15, 0.2) is 0 Å². The molecule has 2 aromatic rings. The van der Waals surface area contributed by atoms with Crippen molar-refractivity contribution in [2.24, 2.45) is 5.92 Å². The van der Waals surface area contributed by atoms with Crippen LogP contribution >= 0.6 is 0 Å². The van der Waals surface area contributed by atoms with Gasteiger partial charge in [-0.1, -0.05) is 18.2 Å². The first-order chi connectivity index (χ1) is 14.3. The van der Waals surface area contributed by atoms with Gasteiger partial charge in [-0.25, -0.2) is 8.42 Å². The third-order valence-electron chi connectivity index (χ3n) is 5.06. The quantitative estimate of drug-likeness (QED) is 0.651. The zero-order chi connectivity index (χ0) is 21.7. The van der Waals surface area contributed by atoms with E-state index in [1.54, 1.807) is 30.0 Å². The maximum absolute atomic E-state index is 13.0. The van der Waals surface area contributed by atoms with E-state index in [0.717, 1.165) is 4.31 Å². The highest BCUT2D eigenvalue weighted by molar-refractivity contribution is 7.92. The number of likely N-dealkylation sites (tertiary alicyclic amines) is 1. The van der Waals surface area contributed by atoms with Gasteiger partial charge in [0.1, 0.15) is 5.69 Å². The third-order valence-corrected chi connectivity index (χ3v) is 6.86. The zero-order valence-corrected chi connectivity index (χ0v) is 17.8. The predicted molar refractivity (Wildman–Crippen MR) is 112 cm³/mol. The summed E-state index contributed by atoms with van der Waals surface area (Å²) in [6.07, 6.45) is 2.78.